The van der Waals surface area contributed by atoms with Crippen LogP contribution in [0.15, 0.2) is 42.5 Å². The van der Waals surface area contributed by atoms with Crippen LogP contribution in [0.3, 0.4) is 0 Å². The summed E-state index contributed by atoms with van der Waals surface area (Å²) in [6.07, 6.45) is 0.627. The number of alkyl halides is 3. The number of rotatable bonds is 8. The first-order chi connectivity index (χ1) is 26.0. The molecule has 2 aromatic carbocycles. The number of hydrogen-bond donors (Lipinski definition) is 3. The average Bonchev–Trinajstić information content (AvgIpc) is 3.32. The van der Waals surface area contributed by atoms with Crippen molar-refractivity contribution in [1.82, 2.24) is 20.0 Å². The number of benzene rings is 2. The van der Waals surface area contributed by atoms with E-state index in [1.54, 1.807) is 44.2 Å². The minimum atomic E-state index is -4.69. The maximum Gasteiger partial charge on any atom is 0.417 e. The molecule has 300 valence electrons. The van der Waals surface area contributed by atoms with Crippen molar-refractivity contribution in [2.24, 2.45) is 0 Å². The molecule has 3 aliphatic heterocycles. The number of amides is 5. The zero-order valence-electron chi connectivity index (χ0n) is 31.2. The average molecular weight is 789 g/mol. The molecule has 55 heavy (non-hydrogen) atoms. The molecule has 2 aromatic rings. The quantitative estimate of drug-likeness (QED) is 0.305. The SMILES string of the molecule is CC1(C)C(=O)N(c2ccc(C#N)c(C(F)(F)F)c2)C(=S)N1C1CCCCC1.C[C@@H]1CN(CCO)CCN1CC(=O)Nc1ccc(N2CCC(=O)NC2=O)cc1.[HH].[HH]. The maximum atomic E-state index is 13.3. The normalized spacial score (nSPS) is 21.2. The van der Waals surface area contributed by atoms with E-state index in [1.807, 2.05) is 4.90 Å². The number of nitriles is 1. The number of imide groups is 1. The first-order valence-electron chi connectivity index (χ1n) is 18.4. The number of urea groups is 1. The number of thiocarbonyl (C=S) groups is 1. The summed E-state index contributed by atoms with van der Waals surface area (Å²) in [5.41, 5.74) is -1.09. The third-order valence-electron chi connectivity index (χ3n) is 10.5. The lowest BCUT2D eigenvalue weighted by molar-refractivity contribution is -0.137. The monoisotopic (exact) mass is 788 g/mol. The van der Waals surface area contributed by atoms with Gasteiger partial charge < -0.3 is 15.3 Å². The van der Waals surface area contributed by atoms with E-state index in [1.165, 1.54) is 15.9 Å². The second-order valence-electron chi connectivity index (χ2n) is 14.7. The Morgan fingerprint density at radius 3 is 2.33 bits per heavy atom. The van der Waals surface area contributed by atoms with Crippen molar-refractivity contribution in [3.05, 3.63) is 53.6 Å². The summed E-state index contributed by atoms with van der Waals surface area (Å²) in [6.45, 7) is 9.53. The molecule has 0 aromatic heterocycles. The Hall–Kier alpha value is -4.63. The summed E-state index contributed by atoms with van der Waals surface area (Å²) in [5.74, 6) is -0.705. The van der Waals surface area contributed by atoms with Crippen molar-refractivity contribution < 1.29 is 40.3 Å². The van der Waals surface area contributed by atoms with Gasteiger partial charge in [0.2, 0.25) is 11.8 Å². The highest BCUT2D eigenvalue weighted by molar-refractivity contribution is 7.80. The van der Waals surface area contributed by atoms with Crippen molar-refractivity contribution in [2.75, 3.05) is 61.0 Å². The van der Waals surface area contributed by atoms with Gasteiger partial charge in [-0.25, -0.2) is 4.79 Å². The van der Waals surface area contributed by atoms with Gasteiger partial charge in [0, 0.05) is 65.5 Å². The highest BCUT2D eigenvalue weighted by Crippen LogP contribution is 2.40. The maximum absolute atomic E-state index is 13.3. The summed E-state index contributed by atoms with van der Waals surface area (Å²) >= 11 is 5.53. The molecule has 3 N–H and O–H groups in total. The van der Waals surface area contributed by atoms with Gasteiger partial charge in [0.25, 0.3) is 5.91 Å². The molecule has 1 saturated carbocycles. The third kappa shape index (κ3) is 9.61. The van der Waals surface area contributed by atoms with Crippen LogP contribution in [0.1, 0.15) is 73.3 Å². The van der Waals surface area contributed by atoms with Crippen LogP contribution < -0.4 is 20.4 Å². The Labute approximate surface area is 327 Å². The molecule has 4 aliphatic rings. The van der Waals surface area contributed by atoms with E-state index in [2.05, 4.69) is 27.4 Å². The number of nitrogens with one attached hydrogen (secondary N) is 2. The van der Waals surface area contributed by atoms with Crippen LogP contribution in [-0.2, 0) is 20.6 Å². The lowest BCUT2D eigenvalue weighted by atomic mass is 9.91. The molecule has 4 fully saturated rings. The van der Waals surface area contributed by atoms with Gasteiger partial charge in [-0.3, -0.25) is 39.3 Å². The molecule has 1 aliphatic carbocycles. The Morgan fingerprint density at radius 1 is 1.05 bits per heavy atom. The van der Waals surface area contributed by atoms with Crippen LogP contribution in [-0.4, -0.2) is 112 Å². The van der Waals surface area contributed by atoms with E-state index >= 15 is 0 Å². The summed E-state index contributed by atoms with van der Waals surface area (Å²) < 4.78 is 40.0. The van der Waals surface area contributed by atoms with Crippen molar-refractivity contribution in [3.63, 3.8) is 0 Å². The fraction of sp³-hybridized carbons (Fsp3) is 0.526. The number of hydrogen-bond acceptors (Lipinski definition) is 9. The number of β-amino-alcohol motifs (C(OH)–C–C–N with tert-alkyl or cyclic N) is 1. The molecule has 5 amide bonds. The number of anilines is 3. The molecule has 0 bridgehead atoms. The zero-order valence-corrected chi connectivity index (χ0v) is 32.0. The minimum absolute atomic E-state index is 0. The fourth-order valence-corrected chi connectivity index (χ4v) is 8.13. The standard InChI is InChI=1S/C19H20F3N3OS.C19H27N5O4.2H2/c1-18(2)16(26)24(17(27)25(18)13-6-4-3-5-7-13)14-9-8-12(11-23)15(10-14)19(20,21)22;1-14-12-22(10-11-25)8-9-23(14)13-18(27)20-15-2-4-16(5-3-15)24-7-6-17(26)21-19(24)28;;/h8-10,13H,3-7H2,1-2H3;2-5,14,25H,6-13H2,1H3,(H,20,27)(H,21,26,28);2*1H/t;14-;;/m.1../s1. The summed E-state index contributed by atoms with van der Waals surface area (Å²) in [7, 11) is 0. The van der Waals surface area contributed by atoms with Gasteiger partial charge in [0.05, 0.1) is 36.0 Å². The molecule has 3 heterocycles. The van der Waals surface area contributed by atoms with Gasteiger partial charge in [-0.15, -0.1) is 0 Å². The third-order valence-corrected chi connectivity index (χ3v) is 10.9. The number of aliphatic hydroxyl groups excluding tert-OH is 1. The molecule has 0 radical (unpaired) electrons. The van der Waals surface area contributed by atoms with Crippen LogP contribution >= 0.6 is 12.2 Å². The lowest BCUT2D eigenvalue weighted by Gasteiger charge is -2.39. The van der Waals surface area contributed by atoms with E-state index in [4.69, 9.17) is 22.6 Å². The van der Waals surface area contributed by atoms with Crippen molar-refractivity contribution in [3.8, 4) is 6.07 Å². The van der Waals surface area contributed by atoms with Crippen LogP contribution in [0, 0.1) is 11.3 Å². The number of piperazine rings is 1. The van der Waals surface area contributed by atoms with Gasteiger partial charge in [0.15, 0.2) is 5.11 Å². The highest BCUT2D eigenvalue weighted by Gasteiger charge is 2.52. The van der Waals surface area contributed by atoms with E-state index < -0.39 is 28.9 Å². The molecular weight excluding hydrogens is 738 g/mol. The summed E-state index contributed by atoms with van der Waals surface area (Å²) in [6, 6.07) is 11.7. The van der Waals surface area contributed by atoms with Crippen LogP contribution in [0.25, 0.3) is 0 Å². The van der Waals surface area contributed by atoms with E-state index in [0.717, 1.165) is 63.9 Å². The minimum Gasteiger partial charge on any atom is -0.395 e. The van der Waals surface area contributed by atoms with Crippen molar-refractivity contribution in [1.29, 1.82) is 5.26 Å². The smallest absolute Gasteiger partial charge is 0.395 e. The number of halogens is 3. The van der Waals surface area contributed by atoms with Gasteiger partial charge >= 0.3 is 12.2 Å². The van der Waals surface area contributed by atoms with Gasteiger partial charge in [-0.05, 0) is 88.3 Å². The Bertz CT molecular complexity index is 1820. The molecule has 1 atom stereocenters. The highest BCUT2D eigenvalue weighted by atomic mass is 32.1. The second kappa shape index (κ2) is 17.4. The van der Waals surface area contributed by atoms with Gasteiger partial charge in [-0.2, -0.15) is 18.4 Å². The molecular formula is C38H51F3N8O5S. The largest absolute Gasteiger partial charge is 0.417 e. The van der Waals surface area contributed by atoms with Gasteiger partial charge in [-0.1, -0.05) is 19.3 Å². The Balaban J connectivity index is 0.000000295. The van der Waals surface area contributed by atoms with Crippen LogP contribution in [0.2, 0.25) is 0 Å². The number of nitrogens with zero attached hydrogens (tertiary/aromatic N) is 6. The number of carbonyl (C=O) groups is 4. The van der Waals surface area contributed by atoms with E-state index in [-0.39, 0.29) is 56.5 Å². The fourth-order valence-electron chi connectivity index (χ4n) is 7.56. The summed E-state index contributed by atoms with van der Waals surface area (Å²) in [4.78, 5) is 57.5. The second-order valence-corrected chi connectivity index (χ2v) is 15.0. The zero-order chi connectivity index (χ0) is 40.1. The first kappa shape index (κ1) is 41.5. The lowest BCUT2D eigenvalue weighted by Crippen LogP contribution is -2.54. The number of carbonyl (C=O) groups excluding carboxylic acids is 4. The van der Waals surface area contributed by atoms with Crippen molar-refractivity contribution in [2.45, 2.75) is 83.1 Å². The molecule has 13 nitrogen and oxygen atoms in total. The molecule has 0 spiro atoms. The van der Waals surface area contributed by atoms with Crippen LogP contribution in [0.4, 0.5) is 35.0 Å². The molecule has 3 saturated heterocycles. The molecule has 6 rings (SSSR count). The Morgan fingerprint density at radius 2 is 1.73 bits per heavy atom. The van der Waals surface area contributed by atoms with E-state index in [0.29, 0.717) is 31.0 Å². The Kier molecular flexibility index (Phi) is 13.2. The first-order valence-corrected chi connectivity index (χ1v) is 18.8. The van der Waals surface area contributed by atoms with Crippen LogP contribution in [0.5, 0.6) is 0 Å². The van der Waals surface area contributed by atoms with Crippen molar-refractivity contribution >= 4 is 58.1 Å². The summed E-state index contributed by atoms with van der Waals surface area (Å²) in [5, 5.41) is 23.4. The predicted octanol–water partition coefficient (Wildman–Crippen LogP) is 5.18. The topological polar surface area (TPSA) is 153 Å². The molecule has 0 unspecified atom stereocenters. The van der Waals surface area contributed by atoms with E-state index in [9.17, 15) is 32.3 Å². The van der Waals surface area contributed by atoms with Gasteiger partial charge in [0.1, 0.15) is 5.54 Å². The number of aliphatic hydroxyl groups is 1. The molecule has 17 heteroatoms. The predicted molar refractivity (Wildman–Crippen MR) is 208 cm³/mol.